The summed E-state index contributed by atoms with van der Waals surface area (Å²) in [6.45, 7) is 2.21. The molecule has 2 aliphatic rings. The van der Waals surface area contributed by atoms with E-state index in [1.54, 1.807) is 13.0 Å². The van der Waals surface area contributed by atoms with E-state index in [0.717, 1.165) is 12.8 Å². The molecule has 27 heavy (non-hydrogen) atoms. The Bertz CT molecular complexity index is 723. The number of likely N-dealkylation sites (N-methyl/N-ethyl adjacent to an activating group) is 1. The fraction of sp³-hybridized carbons (Fsp3) is 0.526. The molecule has 1 aliphatic heterocycles. The number of amides is 3. The van der Waals surface area contributed by atoms with Crippen LogP contribution in [0.5, 0.6) is 5.75 Å². The third-order valence-corrected chi connectivity index (χ3v) is 4.73. The molecule has 1 aromatic rings. The summed E-state index contributed by atoms with van der Waals surface area (Å²) in [4.78, 5) is 38.4. The quantitative estimate of drug-likeness (QED) is 0.737. The molecule has 0 radical (unpaired) electrons. The zero-order valence-electron chi connectivity index (χ0n) is 15.2. The van der Waals surface area contributed by atoms with Gasteiger partial charge in [0.2, 0.25) is 11.8 Å². The van der Waals surface area contributed by atoms with E-state index in [1.807, 2.05) is 0 Å². The van der Waals surface area contributed by atoms with Crippen LogP contribution in [0.3, 0.4) is 0 Å². The number of nitrogens with one attached hydrogen (secondary N) is 2. The van der Waals surface area contributed by atoms with Crippen molar-refractivity contribution in [2.24, 2.45) is 5.92 Å². The summed E-state index contributed by atoms with van der Waals surface area (Å²) in [6, 6.07) is 4.61. The number of halogens is 1. The van der Waals surface area contributed by atoms with Gasteiger partial charge < -0.3 is 20.3 Å². The number of carbonyl (C=O) groups is 3. The number of rotatable bonds is 7. The zero-order valence-corrected chi connectivity index (χ0v) is 15.2. The first-order chi connectivity index (χ1) is 13.0. The molecule has 8 heteroatoms. The van der Waals surface area contributed by atoms with E-state index in [0.29, 0.717) is 13.0 Å². The number of ether oxygens (including phenoxy) is 1. The Balaban J connectivity index is 1.62. The third kappa shape index (κ3) is 4.96. The second-order valence-corrected chi connectivity index (χ2v) is 6.92. The molecule has 2 fully saturated rings. The van der Waals surface area contributed by atoms with Crippen molar-refractivity contribution in [3.05, 3.63) is 30.1 Å². The summed E-state index contributed by atoms with van der Waals surface area (Å²) in [6.07, 6.45) is 2.15. The molecule has 0 aromatic heterocycles. The van der Waals surface area contributed by atoms with Gasteiger partial charge >= 0.3 is 0 Å². The SMILES string of the molecule is CCNC(=O)[C@@H]1C[C@H](NC(=O)C2CC2)CN1C(=O)COc1cccc(F)c1. The van der Waals surface area contributed by atoms with Crippen molar-refractivity contribution >= 4 is 17.7 Å². The average molecular weight is 377 g/mol. The molecule has 1 aromatic carbocycles. The number of hydrogen-bond acceptors (Lipinski definition) is 4. The first-order valence-corrected chi connectivity index (χ1v) is 9.24. The highest BCUT2D eigenvalue weighted by atomic mass is 19.1. The second-order valence-electron chi connectivity index (χ2n) is 6.92. The molecule has 146 valence electrons. The van der Waals surface area contributed by atoms with Crippen molar-refractivity contribution in [3.8, 4) is 5.75 Å². The maximum Gasteiger partial charge on any atom is 0.261 e. The minimum absolute atomic E-state index is 0.0139. The maximum absolute atomic E-state index is 13.2. The van der Waals surface area contributed by atoms with Crippen LogP contribution >= 0.6 is 0 Å². The van der Waals surface area contributed by atoms with Crippen LogP contribution in [0, 0.1) is 11.7 Å². The fourth-order valence-corrected chi connectivity index (χ4v) is 3.21. The topological polar surface area (TPSA) is 87.7 Å². The van der Waals surface area contributed by atoms with Crippen molar-refractivity contribution < 1.29 is 23.5 Å². The Kier molecular flexibility index (Phi) is 5.93. The van der Waals surface area contributed by atoms with Gasteiger partial charge in [-0.05, 0) is 38.3 Å². The predicted molar refractivity (Wildman–Crippen MR) is 95.4 cm³/mol. The first kappa shape index (κ1) is 19.1. The van der Waals surface area contributed by atoms with Gasteiger partial charge in [0.15, 0.2) is 6.61 Å². The summed E-state index contributed by atoms with van der Waals surface area (Å²) >= 11 is 0. The number of nitrogens with zero attached hydrogens (tertiary/aromatic N) is 1. The van der Waals surface area contributed by atoms with Crippen LogP contribution in [0.1, 0.15) is 26.2 Å². The van der Waals surface area contributed by atoms with E-state index < -0.39 is 11.9 Å². The van der Waals surface area contributed by atoms with Gasteiger partial charge in [-0.15, -0.1) is 0 Å². The molecule has 3 amide bonds. The minimum atomic E-state index is -0.655. The van der Waals surface area contributed by atoms with Gasteiger partial charge in [-0.3, -0.25) is 14.4 Å². The molecule has 0 bridgehead atoms. The summed E-state index contributed by atoms with van der Waals surface area (Å²) in [7, 11) is 0. The van der Waals surface area contributed by atoms with Gasteiger partial charge in [0.25, 0.3) is 5.91 Å². The van der Waals surface area contributed by atoms with Crippen molar-refractivity contribution in [1.82, 2.24) is 15.5 Å². The van der Waals surface area contributed by atoms with Gasteiger partial charge in [-0.1, -0.05) is 6.07 Å². The first-order valence-electron chi connectivity index (χ1n) is 9.24. The van der Waals surface area contributed by atoms with E-state index in [-0.39, 0.29) is 48.6 Å². The summed E-state index contributed by atoms with van der Waals surface area (Å²) in [5.74, 6) is -0.785. The maximum atomic E-state index is 13.2. The van der Waals surface area contributed by atoms with Gasteiger partial charge in [-0.25, -0.2) is 4.39 Å². The monoisotopic (exact) mass is 377 g/mol. The largest absolute Gasteiger partial charge is 0.484 e. The zero-order chi connectivity index (χ0) is 19.4. The van der Waals surface area contributed by atoms with E-state index in [2.05, 4.69) is 10.6 Å². The molecular formula is C19H24FN3O4. The highest BCUT2D eigenvalue weighted by Gasteiger charge is 2.41. The molecule has 1 aliphatic carbocycles. The summed E-state index contributed by atoms with van der Waals surface area (Å²) in [5, 5.41) is 5.66. The lowest BCUT2D eigenvalue weighted by molar-refractivity contribution is -0.140. The highest BCUT2D eigenvalue weighted by molar-refractivity contribution is 5.89. The van der Waals surface area contributed by atoms with Crippen LogP contribution < -0.4 is 15.4 Å². The van der Waals surface area contributed by atoms with E-state index in [9.17, 15) is 18.8 Å². The number of benzene rings is 1. The lowest BCUT2D eigenvalue weighted by atomic mass is 10.1. The van der Waals surface area contributed by atoms with Crippen LogP contribution in [0.2, 0.25) is 0 Å². The van der Waals surface area contributed by atoms with Crippen LogP contribution in [0.15, 0.2) is 24.3 Å². The molecule has 1 saturated carbocycles. The van der Waals surface area contributed by atoms with Gasteiger partial charge in [0.05, 0.1) is 0 Å². The number of hydrogen-bond donors (Lipinski definition) is 2. The van der Waals surface area contributed by atoms with Crippen LogP contribution in [-0.4, -0.2) is 54.4 Å². The molecule has 2 N–H and O–H groups in total. The van der Waals surface area contributed by atoms with Crippen molar-refractivity contribution in [1.29, 1.82) is 0 Å². The fourth-order valence-electron chi connectivity index (χ4n) is 3.21. The van der Waals surface area contributed by atoms with Gasteiger partial charge in [-0.2, -0.15) is 0 Å². The lowest BCUT2D eigenvalue weighted by Crippen LogP contribution is -2.47. The Labute approximate surface area is 157 Å². The number of carbonyl (C=O) groups excluding carboxylic acids is 3. The molecule has 7 nitrogen and oxygen atoms in total. The molecule has 1 saturated heterocycles. The molecule has 0 spiro atoms. The van der Waals surface area contributed by atoms with Crippen molar-refractivity contribution in [2.75, 3.05) is 19.7 Å². The lowest BCUT2D eigenvalue weighted by Gasteiger charge is -2.23. The van der Waals surface area contributed by atoms with Crippen LogP contribution in [0.25, 0.3) is 0 Å². The third-order valence-electron chi connectivity index (χ3n) is 4.73. The van der Waals surface area contributed by atoms with Gasteiger partial charge in [0, 0.05) is 31.1 Å². The Morgan fingerprint density at radius 3 is 2.70 bits per heavy atom. The summed E-state index contributed by atoms with van der Waals surface area (Å²) < 4.78 is 18.6. The Hall–Kier alpha value is -2.64. The second kappa shape index (κ2) is 8.37. The molecule has 1 heterocycles. The predicted octanol–water partition coefficient (Wildman–Crippen LogP) is 0.836. The standard InChI is InChI=1S/C19H24FN3O4/c1-2-21-19(26)16-9-14(22-18(25)12-6-7-12)10-23(16)17(24)11-27-15-5-3-4-13(20)8-15/h3-5,8,12,14,16H,2,6-7,9-11H2,1H3,(H,21,26)(H,22,25)/t14-,16-/m0/s1. The van der Waals surface area contributed by atoms with Gasteiger partial charge in [0.1, 0.15) is 17.6 Å². The van der Waals surface area contributed by atoms with E-state index in [4.69, 9.17) is 4.74 Å². The molecular weight excluding hydrogens is 353 g/mol. The van der Waals surface area contributed by atoms with Crippen LogP contribution in [0.4, 0.5) is 4.39 Å². The number of likely N-dealkylation sites (tertiary alicyclic amines) is 1. The Morgan fingerprint density at radius 2 is 2.04 bits per heavy atom. The van der Waals surface area contributed by atoms with Crippen molar-refractivity contribution in [3.63, 3.8) is 0 Å². The average Bonchev–Trinajstić information content (AvgIpc) is 3.41. The Morgan fingerprint density at radius 1 is 1.26 bits per heavy atom. The molecule has 3 rings (SSSR count). The normalized spacial score (nSPS) is 21.6. The van der Waals surface area contributed by atoms with Crippen molar-refractivity contribution in [2.45, 2.75) is 38.3 Å². The minimum Gasteiger partial charge on any atom is -0.484 e. The molecule has 0 unspecified atom stereocenters. The smallest absolute Gasteiger partial charge is 0.261 e. The van der Waals surface area contributed by atoms with E-state index >= 15 is 0 Å². The highest BCUT2D eigenvalue weighted by Crippen LogP contribution is 2.29. The van der Waals surface area contributed by atoms with E-state index in [1.165, 1.54) is 23.1 Å². The molecule has 2 atom stereocenters. The van der Waals surface area contributed by atoms with Crippen LogP contribution in [-0.2, 0) is 14.4 Å². The summed E-state index contributed by atoms with van der Waals surface area (Å²) in [5.41, 5.74) is 0.